The van der Waals surface area contributed by atoms with Gasteiger partial charge in [0, 0.05) is 12.0 Å². The van der Waals surface area contributed by atoms with Gasteiger partial charge in [0.15, 0.2) is 0 Å². The molecule has 4 rings (SSSR count). The standard InChI is InChI=1S/C27H23NO3/c1-31-27(30)25(18-19-11-12-21-9-5-6-10-24(21)17-19)28-26(29)23-15-13-22(14-16-23)20-7-3-2-4-8-20/h2-17,25H,18H2,1H3,(H,28,29)/t25-/m1/s1. The largest absolute Gasteiger partial charge is 0.467 e. The number of nitrogens with one attached hydrogen (secondary N) is 1. The summed E-state index contributed by atoms with van der Waals surface area (Å²) in [7, 11) is 1.33. The zero-order chi connectivity index (χ0) is 21.6. The lowest BCUT2D eigenvalue weighted by molar-refractivity contribution is -0.142. The van der Waals surface area contributed by atoms with Crippen molar-refractivity contribution in [3.63, 3.8) is 0 Å². The van der Waals surface area contributed by atoms with E-state index >= 15 is 0 Å². The summed E-state index contributed by atoms with van der Waals surface area (Å²) in [5.74, 6) is -0.779. The summed E-state index contributed by atoms with van der Waals surface area (Å²) in [6.45, 7) is 0. The Labute approximate surface area is 181 Å². The molecule has 154 valence electrons. The topological polar surface area (TPSA) is 55.4 Å². The lowest BCUT2D eigenvalue weighted by atomic mass is 10.0. The Balaban J connectivity index is 1.50. The Morgan fingerprint density at radius 2 is 1.42 bits per heavy atom. The molecule has 0 aliphatic rings. The van der Waals surface area contributed by atoms with Gasteiger partial charge < -0.3 is 10.1 Å². The van der Waals surface area contributed by atoms with Crippen LogP contribution in [0.4, 0.5) is 0 Å². The number of rotatable bonds is 6. The van der Waals surface area contributed by atoms with E-state index in [1.807, 2.05) is 84.9 Å². The summed E-state index contributed by atoms with van der Waals surface area (Å²) < 4.78 is 4.93. The van der Waals surface area contributed by atoms with Crippen LogP contribution in [0.3, 0.4) is 0 Å². The van der Waals surface area contributed by atoms with Gasteiger partial charge in [-0.05, 0) is 39.6 Å². The van der Waals surface area contributed by atoms with E-state index in [0.29, 0.717) is 12.0 Å². The molecule has 1 amide bonds. The summed E-state index contributed by atoms with van der Waals surface area (Å²) in [5, 5.41) is 5.04. The Morgan fingerprint density at radius 1 is 0.774 bits per heavy atom. The van der Waals surface area contributed by atoms with Crippen LogP contribution in [0.25, 0.3) is 21.9 Å². The summed E-state index contributed by atoms with van der Waals surface area (Å²) in [6.07, 6.45) is 0.353. The van der Waals surface area contributed by atoms with E-state index in [0.717, 1.165) is 27.5 Å². The van der Waals surface area contributed by atoms with Gasteiger partial charge in [0.25, 0.3) is 5.91 Å². The average Bonchev–Trinajstić information content (AvgIpc) is 2.83. The molecular weight excluding hydrogens is 386 g/mol. The number of hydrogen-bond donors (Lipinski definition) is 1. The number of carbonyl (C=O) groups is 2. The van der Waals surface area contributed by atoms with Crippen LogP contribution < -0.4 is 5.32 Å². The first-order valence-corrected chi connectivity index (χ1v) is 10.2. The monoisotopic (exact) mass is 409 g/mol. The minimum atomic E-state index is -0.771. The molecule has 0 radical (unpaired) electrons. The van der Waals surface area contributed by atoms with Gasteiger partial charge in [0.05, 0.1) is 7.11 Å². The molecule has 4 nitrogen and oxygen atoms in total. The van der Waals surface area contributed by atoms with Crippen LogP contribution in [0.15, 0.2) is 97.1 Å². The Morgan fingerprint density at radius 3 is 2.13 bits per heavy atom. The Kier molecular flexibility index (Phi) is 6.08. The molecule has 0 aliphatic heterocycles. The third kappa shape index (κ3) is 4.81. The van der Waals surface area contributed by atoms with Gasteiger partial charge in [-0.25, -0.2) is 4.79 Å². The first-order valence-electron chi connectivity index (χ1n) is 10.2. The molecule has 31 heavy (non-hydrogen) atoms. The number of esters is 1. The molecule has 0 saturated carbocycles. The van der Waals surface area contributed by atoms with Crippen molar-refractivity contribution in [1.29, 1.82) is 0 Å². The SMILES string of the molecule is COC(=O)[C@@H](Cc1ccc2ccccc2c1)NC(=O)c1ccc(-c2ccccc2)cc1. The minimum Gasteiger partial charge on any atom is -0.467 e. The zero-order valence-electron chi connectivity index (χ0n) is 17.2. The van der Waals surface area contributed by atoms with Crippen molar-refractivity contribution in [3.8, 4) is 11.1 Å². The summed E-state index contributed by atoms with van der Waals surface area (Å²) in [6, 6.07) is 30.6. The molecule has 4 aromatic carbocycles. The fraction of sp³-hybridized carbons (Fsp3) is 0.111. The summed E-state index contributed by atoms with van der Waals surface area (Å²) in [4.78, 5) is 25.2. The third-order valence-electron chi connectivity index (χ3n) is 5.30. The van der Waals surface area contributed by atoms with Crippen molar-refractivity contribution in [2.45, 2.75) is 12.5 Å². The number of methoxy groups -OCH3 is 1. The van der Waals surface area contributed by atoms with Crippen LogP contribution in [0.5, 0.6) is 0 Å². The van der Waals surface area contributed by atoms with Gasteiger partial charge in [-0.3, -0.25) is 4.79 Å². The molecular formula is C27H23NO3. The predicted octanol–water partition coefficient (Wildman–Crippen LogP) is 5.02. The number of fused-ring (bicyclic) bond motifs is 1. The molecule has 0 saturated heterocycles. The quantitative estimate of drug-likeness (QED) is 0.455. The van der Waals surface area contributed by atoms with Gasteiger partial charge in [-0.2, -0.15) is 0 Å². The summed E-state index contributed by atoms with van der Waals surface area (Å²) in [5.41, 5.74) is 3.55. The number of ether oxygens (including phenoxy) is 1. The lowest BCUT2D eigenvalue weighted by Gasteiger charge is -2.17. The van der Waals surface area contributed by atoms with Gasteiger partial charge in [-0.1, -0.05) is 84.9 Å². The average molecular weight is 409 g/mol. The molecule has 0 bridgehead atoms. The molecule has 0 spiro atoms. The molecule has 0 aromatic heterocycles. The second-order valence-electron chi connectivity index (χ2n) is 7.38. The van der Waals surface area contributed by atoms with Crippen LogP contribution in [0.2, 0.25) is 0 Å². The molecule has 1 N–H and O–H groups in total. The first-order chi connectivity index (χ1) is 15.1. The maximum Gasteiger partial charge on any atom is 0.328 e. The maximum atomic E-state index is 12.8. The second-order valence-corrected chi connectivity index (χ2v) is 7.38. The minimum absolute atomic E-state index is 0.309. The lowest BCUT2D eigenvalue weighted by Crippen LogP contribution is -2.43. The first kappa shape index (κ1) is 20.4. The smallest absolute Gasteiger partial charge is 0.328 e. The van der Waals surface area contributed by atoms with Crippen molar-refractivity contribution in [2.24, 2.45) is 0 Å². The second kappa shape index (κ2) is 9.26. The third-order valence-corrected chi connectivity index (χ3v) is 5.30. The fourth-order valence-electron chi connectivity index (χ4n) is 3.62. The van der Waals surface area contributed by atoms with Crippen LogP contribution in [-0.2, 0) is 16.0 Å². The number of hydrogen-bond acceptors (Lipinski definition) is 3. The number of carbonyl (C=O) groups excluding carboxylic acids is 2. The van der Waals surface area contributed by atoms with Crippen molar-refractivity contribution in [2.75, 3.05) is 7.11 Å². The van der Waals surface area contributed by atoms with Gasteiger partial charge in [0.2, 0.25) is 0 Å². The molecule has 0 heterocycles. The highest BCUT2D eigenvalue weighted by Gasteiger charge is 2.22. The van der Waals surface area contributed by atoms with Crippen molar-refractivity contribution < 1.29 is 14.3 Å². The van der Waals surface area contributed by atoms with Crippen LogP contribution >= 0.6 is 0 Å². The van der Waals surface area contributed by atoms with E-state index in [1.54, 1.807) is 12.1 Å². The van der Waals surface area contributed by atoms with Crippen molar-refractivity contribution in [3.05, 3.63) is 108 Å². The highest BCUT2D eigenvalue weighted by Crippen LogP contribution is 2.20. The Bertz CT molecular complexity index is 1200. The van der Waals surface area contributed by atoms with E-state index in [2.05, 4.69) is 5.32 Å². The summed E-state index contributed by atoms with van der Waals surface area (Å²) >= 11 is 0. The van der Waals surface area contributed by atoms with E-state index in [-0.39, 0.29) is 5.91 Å². The fourth-order valence-corrected chi connectivity index (χ4v) is 3.62. The van der Waals surface area contributed by atoms with Gasteiger partial charge in [0.1, 0.15) is 6.04 Å². The molecule has 4 heteroatoms. The normalized spacial score (nSPS) is 11.6. The highest BCUT2D eigenvalue weighted by molar-refractivity contribution is 5.97. The molecule has 0 fully saturated rings. The molecule has 0 aliphatic carbocycles. The molecule has 4 aromatic rings. The van der Waals surface area contributed by atoms with Crippen LogP contribution in [0.1, 0.15) is 15.9 Å². The molecule has 1 atom stereocenters. The number of benzene rings is 4. The molecule has 0 unspecified atom stereocenters. The predicted molar refractivity (Wildman–Crippen MR) is 123 cm³/mol. The van der Waals surface area contributed by atoms with E-state index in [4.69, 9.17) is 4.74 Å². The van der Waals surface area contributed by atoms with Gasteiger partial charge >= 0.3 is 5.97 Å². The highest BCUT2D eigenvalue weighted by atomic mass is 16.5. The Hall–Kier alpha value is -3.92. The van der Waals surface area contributed by atoms with E-state index < -0.39 is 12.0 Å². The van der Waals surface area contributed by atoms with Crippen LogP contribution in [-0.4, -0.2) is 25.0 Å². The van der Waals surface area contributed by atoms with Crippen LogP contribution in [0, 0.1) is 0 Å². The number of amides is 1. The van der Waals surface area contributed by atoms with Crippen molar-refractivity contribution in [1.82, 2.24) is 5.32 Å². The van der Waals surface area contributed by atoms with Gasteiger partial charge in [-0.15, -0.1) is 0 Å². The van der Waals surface area contributed by atoms with Crippen molar-refractivity contribution >= 4 is 22.6 Å². The maximum absolute atomic E-state index is 12.8. The van der Waals surface area contributed by atoms with E-state index in [9.17, 15) is 9.59 Å². The van der Waals surface area contributed by atoms with E-state index in [1.165, 1.54) is 7.11 Å². The zero-order valence-corrected chi connectivity index (χ0v) is 17.2.